The number of pyridine rings is 1. The van der Waals surface area contributed by atoms with E-state index in [2.05, 4.69) is 11.1 Å². The van der Waals surface area contributed by atoms with Crippen molar-refractivity contribution >= 4 is 11.6 Å². The molecule has 2 unspecified atom stereocenters. The average molecular weight is 264 g/mol. The van der Waals surface area contributed by atoms with Crippen LogP contribution in [0.5, 0.6) is 5.75 Å². The third kappa shape index (κ3) is 1.88. The number of nitrogens with one attached hydrogen (secondary N) is 1. The van der Waals surface area contributed by atoms with Crippen LogP contribution in [0.3, 0.4) is 0 Å². The molecule has 0 saturated heterocycles. The maximum absolute atomic E-state index is 9.36. The summed E-state index contributed by atoms with van der Waals surface area (Å²) in [6.45, 7) is 0. The van der Waals surface area contributed by atoms with Crippen molar-refractivity contribution in [2.45, 2.75) is 5.92 Å². The molecule has 0 saturated carbocycles. The Morgan fingerprint density at radius 3 is 2.70 bits per heavy atom. The van der Waals surface area contributed by atoms with Gasteiger partial charge in [0.15, 0.2) is 0 Å². The Labute approximate surface area is 116 Å². The SMILES string of the molecule is N#CC1C(=N)Oc2cc(N)ccc2C1c1ccncc1. The fourth-order valence-electron chi connectivity index (χ4n) is 2.49. The molecule has 0 fully saturated rings. The van der Waals surface area contributed by atoms with Crippen molar-refractivity contribution in [1.82, 2.24) is 4.98 Å². The number of nitrogen functional groups attached to an aromatic ring is 1. The van der Waals surface area contributed by atoms with E-state index in [1.807, 2.05) is 18.2 Å². The minimum absolute atomic E-state index is 0.0487. The topological polar surface area (TPSA) is 95.8 Å². The Morgan fingerprint density at radius 2 is 2.00 bits per heavy atom. The number of hydrogen-bond donors (Lipinski definition) is 2. The maximum atomic E-state index is 9.36. The Balaban J connectivity index is 2.19. The van der Waals surface area contributed by atoms with E-state index in [0.29, 0.717) is 11.4 Å². The van der Waals surface area contributed by atoms with Crippen LogP contribution in [0, 0.1) is 22.7 Å². The van der Waals surface area contributed by atoms with Crippen molar-refractivity contribution in [1.29, 1.82) is 10.7 Å². The zero-order valence-corrected chi connectivity index (χ0v) is 10.6. The number of nitrogens with zero attached hydrogens (tertiary/aromatic N) is 2. The van der Waals surface area contributed by atoms with Gasteiger partial charge in [0.25, 0.3) is 0 Å². The molecule has 20 heavy (non-hydrogen) atoms. The Hall–Kier alpha value is -2.87. The fourth-order valence-corrected chi connectivity index (χ4v) is 2.49. The second-order valence-corrected chi connectivity index (χ2v) is 4.63. The standard InChI is InChI=1S/C15H12N4O/c16-8-12-14(9-3-5-19-6-4-9)11-2-1-10(17)7-13(11)20-15(12)18/h1-7,12,14,18H,17H2. The molecule has 0 bridgehead atoms. The molecular formula is C15H12N4O. The highest BCUT2D eigenvalue weighted by Crippen LogP contribution is 2.42. The van der Waals surface area contributed by atoms with Crippen LogP contribution in [0.25, 0.3) is 0 Å². The van der Waals surface area contributed by atoms with Gasteiger partial charge < -0.3 is 10.5 Å². The van der Waals surface area contributed by atoms with Crippen LogP contribution in [0.1, 0.15) is 17.0 Å². The van der Waals surface area contributed by atoms with Crippen molar-refractivity contribution in [3.63, 3.8) is 0 Å². The summed E-state index contributed by atoms with van der Waals surface area (Å²) in [5.74, 6) is -0.385. The summed E-state index contributed by atoms with van der Waals surface area (Å²) in [6.07, 6.45) is 3.36. The number of nitrogens with two attached hydrogens (primary N) is 1. The van der Waals surface area contributed by atoms with E-state index in [4.69, 9.17) is 15.9 Å². The first-order chi connectivity index (χ1) is 9.70. The molecule has 2 aromatic rings. The summed E-state index contributed by atoms with van der Waals surface area (Å²) in [5.41, 5.74) is 8.13. The van der Waals surface area contributed by atoms with Gasteiger partial charge in [-0.05, 0) is 23.8 Å². The predicted octanol–water partition coefficient (Wildman–Crippen LogP) is 2.31. The second-order valence-electron chi connectivity index (χ2n) is 4.63. The van der Waals surface area contributed by atoms with Gasteiger partial charge in [0.2, 0.25) is 5.90 Å². The lowest BCUT2D eigenvalue weighted by atomic mass is 9.79. The van der Waals surface area contributed by atoms with Crippen molar-refractivity contribution in [2.24, 2.45) is 5.92 Å². The lowest BCUT2D eigenvalue weighted by Crippen LogP contribution is -2.30. The van der Waals surface area contributed by atoms with E-state index in [1.54, 1.807) is 24.5 Å². The van der Waals surface area contributed by atoms with Crippen LogP contribution >= 0.6 is 0 Å². The number of rotatable bonds is 1. The number of ether oxygens (including phenoxy) is 1. The number of fused-ring (bicyclic) bond motifs is 1. The van der Waals surface area contributed by atoms with Crippen LogP contribution in [0.2, 0.25) is 0 Å². The highest BCUT2D eigenvalue weighted by molar-refractivity contribution is 5.85. The number of nitriles is 1. The van der Waals surface area contributed by atoms with E-state index < -0.39 is 5.92 Å². The molecule has 0 aliphatic carbocycles. The Kier molecular flexibility index (Phi) is 2.84. The van der Waals surface area contributed by atoms with Crippen molar-refractivity contribution < 1.29 is 4.74 Å². The van der Waals surface area contributed by atoms with E-state index >= 15 is 0 Å². The van der Waals surface area contributed by atoms with Gasteiger partial charge in [-0.1, -0.05) is 6.07 Å². The molecule has 3 N–H and O–H groups in total. The largest absolute Gasteiger partial charge is 0.442 e. The third-order valence-corrected chi connectivity index (χ3v) is 3.41. The highest BCUT2D eigenvalue weighted by Gasteiger charge is 2.36. The molecule has 1 aliphatic heterocycles. The zero-order chi connectivity index (χ0) is 14.1. The molecule has 5 heteroatoms. The predicted molar refractivity (Wildman–Crippen MR) is 74.4 cm³/mol. The smallest absolute Gasteiger partial charge is 0.205 e. The monoisotopic (exact) mass is 264 g/mol. The van der Waals surface area contributed by atoms with Gasteiger partial charge in [-0.25, -0.2) is 0 Å². The third-order valence-electron chi connectivity index (χ3n) is 3.41. The van der Waals surface area contributed by atoms with Gasteiger partial charge in [-0.15, -0.1) is 0 Å². The summed E-state index contributed by atoms with van der Waals surface area (Å²) in [4.78, 5) is 3.99. The molecule has 2 atom stereocenters. The minimum Gasteiger partial charge on any atom is -0.442 e. The van der Waals surface area contributed by atoms with Crippen LogP contribution in [0.4, 0.5) is 5.69 Å². The van der Waals surface area contributed by atoms with E-state index in [1.165, 1.54) is 0 Å². The van der Waals surface area contributed by atoms with Crippen molar-refractivity contribution in [3.05, 3.63) is 53.9 Å². The lowest BCUT2D eigenvalue weighted by Gasteiger charge is -2.30. The van der Waals surface area contributed by atoms with Gasteiger partial charge in [-0.2, -0.15) is 5.26 Å². The van der Waals surface area contributed by atoms with Crippen LogP contribution in [-0.2, 0) is 0 Å². The number of benzene rings is 1. The molecule has 0 amide bonds. The quantitative estimate of drug-likeness (QED) is 0.772. The van der Waals surface area contributed by atoms with E-state index in [9.17, 15) is 5.26 Å². The molecule has 3 rings (SSSR count). The molecule has 1 aromatic heterocycles. The summed E-state index contributed by atoms with van der Waals surface area (Å²) < 4.78 is 5.43. The first-order valence-electron chi connectivity index (χ1n) is 6.16. The van der Waals surface area contributed by atoms with Crippen LogP contribution in [0.15, 0.2) is 42.7 Å². The van der Waals surface area contributed by atoms with Crippen molar-refractivity contribution in [2.75, 3.05) is 5.73 Å². The highest BCUT2D eigenvalue weighted by atomic mass is 16.5. The number of aromatic nitrogens is 1. The summed E-state index contributed by atoms with van der Waals surface area (Å²) in [5, 5.41) is 17.3. The van der Waals surface area contributed by atoms with Crippen LogP contribution in [-0.4, -0.2) is 10.9 Å². The first-order valence-corrected chi connectivity index (χ1v) is 6.16. The fraction of sp³-hybridized carbons (Fsp3) is 0.133. The van der Waals surface area contributed by atoms with Gasteiger partial charge in [0.05, 0.1) is 6.07 Å². The second kappa shape index (κ2) is 4.67. The Morgan fingerprint density at radius 1 is 1.25 bits per heavy atom. The average Bonchev–Trinajstić information content (AvgIpc) is 2.46. The van der Waals surface area contributed by atoms with Crippen molar-refractivity contribution in [3.8, 4) is 11.8 Å². The lowest BCUT2D eigenvalue weighted by molar-refractivity contribution is 0.450. The van der Waals surface area contributed by atoms with E-state index in [0.717, 1.165) is 11.1 Å². The Bertz CT molecular complexity index is 706. The normalized spacial score (nSPS) is 20.6. The van der Waals surface area contributed by atoms with Crippen LogP contribution < -0.4 is 10.5 Å². The summed E-state index contributed by atoms with van der Waals surface area (Å²) in [7, 11) is 0. The molecule has 0 spiro atoms. The maximum Gasteiger partial charge on any atom is 0.205 e. The molecule has 5 nitrogen and oxygen atoms in total. The van der Waals surface area contributed by atoms with E-state index in [-0.39, 0.29) is 11.8 Å². The van der Waals surface area contributed by atoms with Gasteiger partial charge in [0.1, 0.15) is 11.7 Å². The molecule has 2 heterocycles. The number of hydrogen-bond acceptors (Lipinski definition) is 5. The number of anilines is 1. The zero-order valence-electron chi connectivity index (χ0n) is 10.6. The molecule has 98 valence electrons. The van der Waals surface area contributed by atoms with Gasteiger partial charge >= 0.3 is 0 Å². The molecule has 0 radical (unpaired) electrons. The van der Waals surface area contributed by atoms with Gasteiger partial charge in [-0.3, -0.25) is 10.4 Å². The summed E-state index contributed by atoms with van der Waals surface area (Å²) in [6, 6.07) is 11.2. The first kappa shape index (κ1) is 12.2. The molecule has 1 aromatic carbocycles. The van der Waals surface area contributed by atoms with Gasteiger partial charge in [0, 0.05) is 35.6 Å². The molecule has 1 aliphatic rings. The molecular weight excluding hydrogens is 252 g/mol. The minimum atomic E-state index is -0.645. The summed E-state index contributed by atoms with van der Waals surface area (Å²) >= 11 is 0.